The van der Waals surface area contributed by atoms with Crippen molar-refractivity contribution in [3.8, 4) is 0 Å². The highest BCUT2D eigenvalue weighted by Crippen LogP contribution is 2.26. The van der Waals surface area contributed by atoms with Gasteiger partial charge in [-0.05, 0) is 39.2 Å². The number of aryl methyl sites for hydroxylation is 1. The summed E-state index contributed by atoms with van der Waals surface area (Å²) in [5.74, 6) is 0.834. The van der Waals surface area contributed by atoms with Crippen molar-refractivity contribution in [1.82, 2.24) is 9.97 Å². The SMILES string of the molecule is CCN(CC)c1nc(SC)c2cc(C)ccc2n1. The maximum atomic E-state index is 4.68. The fraction of sp³-hybridized carbons (Fsp3) is 0.429. The van der Waals surface area contributed by atoms with Gasteiger partial charge in [-0.3, -0.25) is 0 Å². The molecule has 4 heteroatoms. The van der Waals surface area contributed by atoms with Crippen molar-refractivity contribution in [2.75, 3.05) is 24.2 Å². The Hall–Kier alpha value is -1.29. The van der Waals surface area contributed by atoms with Crippen LogP contribution in [0.1, 0.15) is 19.4 Å². The first-order chi connectivity index (χ1) is 8.69. The molecule has 18 heavy (non-hydrogen) atoms. The lowest BCUT2D eigenvalue weighted by Crippen LogP contribution is -2.24. The third-order valence-corrected chi connectivity index (χ3v) is 3.74. The molecule has 0 N–H and O–H groups in total. The molecule has 0 unspecified atom stereocenters. The second-order valence-electron chi connectivity index (χ2n) is 4.23. The number of rotatable bonds is 4. The van der Waals surface area contributed by atoms with E-state index in [1.54, 1.807) is 11.8 Å². The number of aromatic nitrogens is 2. The molecule has 1 aromatic heterocycles. The van der Waals surface area contributed by atoms with E-state index < -0.39 is 0 Å². The lowest BCUT2D eigenvalue weighted by molar-refractivity contribution is 0.816. The first-order valence-electron chi connectivity index (χ1n) is 6.27. The number of hydrogen-bond acceptors (Lipinski definition) is 4. The largest absolute Gasteiger partial charge is 0.341 e. The van der Waals surface area contributed by atoms with Crippen LogP contribution in [0.2, 0.25) is 0 Å². The van der Waals surface area contributed by atoms with Gasteiger partial charge in [0, 0.05) is 18.5 Å². The van der Waals surface area contributed by atoms with Crippen molar-refractivity contribution < 1.29 is 0 Å². The fourth-order valence-corrected chi connectivity index (χ4v) is 2.56. The van der Waals surface area contributed by atoms with Gasteiger partial charge in [-0.15, -0.1) is 11.8 Å². The van der Waals surface area contributed by atoms with E-state index in [0.29, 0.717) is 0 Å². The van der Waals surface area contributed by atoms with Gasteiger partial charge in [0.05, 0.1) is 5.52 Å². The fourth-order valence-electron chi connectivity index (χ4n) is 2.01. The molecule has 0 aliphatic carbocycles. The summed E-state index contributed by atoms with van der Waals surface area (Å²) in [6.45, 7) is 8.22. The molecule has 0 bridgehead atoms. The monoisotopic (exact) mass is 261 g/mol. The third-order valence-electron chi connectivity index (χ3n) is 3.04. The first kappa shape index (κ1) is 13.1. The number of anilines is 1. The Balaban J connectivity index is 2.62. The molecule has 1 heterocycles. The third kappa shape index (κ3) is 2.43. The van der Waals surface area contributed by atoms with Gasteiger partial charge in [-0.2, -0.15) is 0 Å². The Morgan fingerprint density at radius 1 is 1.17 bits per heavy atom. The summed E-state index contributed by atoms with van der Waals surface area (Å²) in [4.78, 5) is 11.5. The molecule has 2 rings (SSSR count). The maximum Gasteiger partial charge on any atom is 0.226 e. The van der Waals surface area contributed by atoms with Gasteiger partial charge in [0.2, 0.25) is 5.95 Å². The molecule has 3 nitrogen and oxygen atoms in total. The van der Waals surface area contributed by atoms with Crippen LogP contribution in [0.25, 0.3) is 10.9 Å². The summed E-state index contributed by atoms with van der Waals surface area (Å²) in [5.41, 5.74) is 2.28. The van der Waals surface area contributed by atoms with Crippen molar-refractivity contribution in [2.24, 2.45) is 0 Å². The van der Waals surface area contributed by atoms with E-state index in [1.807, 2.05) is 0 Å². The van der Waals surface area contributed by atoms with E-state index in [9.17, 15) is 0 Å². The van der Waals surface area contributed by atoms with Gasteiger partial charge in [0.15, 0.2) is 0 Å². The molecule has 0 aliphatic heterocycles. The summed E-state index contributed by atoms with van der Waals surface area (Å²) in [5, 5.41) is 2.21. The van der Waals surface area contributed by atoms with Gasteiger partial charge in [0.25, 0.3) is 0 Å². The highest BCUT2D eigenvalue weighted by molar-refractivity contribution is 7.98. The standard InChI is InChI=1S/C14H19N3S/c1-5-17(6-2)14-15-12-8-7-10(3)9-11(12)13(16-14)18-4/h7-9H,5-6H2,1-4H3. The molecule has 1 aromatic carbocycles. The van der Waals surface area contributed by atoms with Crippen LogP contribution in [0.5, 0.6) is 0 Å². The Morgan fingerprint density at radius 2 is 1.89 bits per heavy atom. The van der Waals surface area contributed by atoms with E-state index in [0.717, 1.165) is 35.0 Å². The smallest absolute Gasteiger partial charge is 0.226 e. The lowest BCUT2D eigenvalue weighted by Gasteiger charge is -2.19. The van der Waals surface area contributed by atoms with Crippen LogP contribution in [0.4, 0.5) is 5.95 Å². The minimum absolute atomic E-state index is 0.834. The van der Waals surface area contributed by atoms with Crippen LogP contribution < -0.4 is 4.90 Å². The Bertz CT molecular complexity index is 550. The first-order valence-corrected chi connectivity index (χ1v) is 7.49. The van der Waals surface area contributed by atoms with Gasteiger partial charge in [0.1, 0.15) is 5.03 Å². The summed E-state index contributed by atoms with van der Waals surface area (Å²) in [7, 11) is 0. The summed E-state index contributed by atoms with van der Waals surface area (Å²) in [6, 6.07) is 6.34. The van der Waals surface area contributed by atoms with Gasteiger partial charge >= 0.3 is 0 Å². The highest BCUT2D eigenvalue weighted by Gasteiger charge is 2.11. The zero-order valence-corrected chi connectivity index (χ0v) is 12.2. The molecular weight excluding hydrogens is 242 g/mol. The molecule has 0 radical (unpaired) electrons. The molecular formula is C14H19N3S. The molecule has 0 spiro atoms. The Labute approximate surface area is 113 Å². The zero-order valence-electron chi connectivity index (χ0n) is 11.4. The van der Waals surface area contributed by atoms with Gasteiger partial charge < -0.3 is 4.90 Å². The molecule has 0 fully saturated rings. The van der Waals surface area contributed by atoms with Crippen LogP contribution >= 0.6 is 11.8 Å². The second-order valence-corrected chi connectivity index (χ2v) is 5.02. The molecule has 96 valence electrons. The minimum atomic E-state index is 0.834. The topological polar surface area (TPSA) is 29.0 Å². The van der Waals surface area contributed by atoms with Crippen molar-refractivity contribution in [1.29, 1.82) is 0 Å². The molecule has 0 atom stereocenters. The maximum absolute atomic E-state index is 4.68. The average molecular weight is 261 g/mol. The van der Waals surface area contributed by atoms with E-state index >= 15 is 0 Å². The zero-order chi connectivity index (χ0) is 13.1. The van der Waals surface area contributed by atoms with E-state index in [-0.39, 0.29) is 0 Å². The van der Waals surface area contributed by atoms with Crippen molar-refractivity contribution in [3.05, 3.63) is 23.8 Å². The highest BCUT2D eigenvalue weighted by atomic mass is 32.2. The van der Waals surface area contributed by atoms with Crippen molar-refractivity contribution in [3.63, 3.8) is 0 Å². The van der Waals surface area contributed by atoms with Crippen LogP contribution in [-0.4, -0.2) is 29.3 Å². The van der Waals surface area contributed by atoms with E-state index in [1.165, 1.54) is 5.56 Å². The number of thioether (sulfide) groups is 1. The summed E-state index contributed by atoms with van der Waals surface area (Å²) < 4.78 is 0. The average Bonchev–Trinajstić information content (AvgIpc) is 2.39. The van der Waals surface area contributed by atoms with Crippen molar-refractivity contribution >= 4 is 28.6 Å². The number of benzene rings is 1. The minimum Gasteiger partial charge on any atom is -0.341 e. The molecule has 0 aliphatic rings. The van der Waals surface area contributed by atoms with Crippen molar-refractivity contribution in [2.45, 2.75) is 25.8 Å². The Kier molecular flexibility index (Phi) is 4.07. The van der Waals surface area contributed by atoms with Crippen LogP contribution in [0, 0.1) is 6.92 Å². The second kappa shape index (κ2) is 5.57. The summed E-state index contributed by atoms with van der Waals surface area (Å²) >= 11 is 1.68. The van der Waals surface area contributed by atoms with Crippen LogP contribution in [0.3, 0.4) is 0 Å². The molecule has 2 aromatic rings. The predicted molar refractivity (Wildman–Crippen MR) is 79.6 cm³/mol. The Morgan fingerprint density at radius 3 is 2.50 bits per heavy atom. The van der Waals surface area contributed by atoms with Gasteiger partial charge in [-0.1, -0.05) is 11.6 Å². The van der Waals surface area contributed by atoms with Crippen LogP contribution in [-0.2, 0) is 0 Å². The number of nitrogens with zero attached hydrogens (tertiary/aromatic N) is 3. The van der Waals surface area contributed by atoms with E-state index in [2.05, 4.69) is 60.1 Å². The predicted octanol–water partition coefficient (Wildman–Crippen LogP) is 3.51. The summed E-state index contributed by atoms with van der Waals surface area (Å²) in [6.07, 6.45) is 2.07. The normalized spacial score (nSPS) is 10.9. The number of hydrogen-bond donors (Lipinski definition) is 0. The van der Waals surface area contributed by atoms with E-state index in [4.69, 9.17) is 0 Å². The lowest BCUT2D eigenvalue weighted by atomic mass is 10.2. The molecule has 0 saturated carbocycles. The number of fused-ring (bicyclic) bond motifs is 1. The molecule has 0 saturated heterocycles. The quantitative estimate of drug-likeness (QED) is 0.622. The molecule has 0 amide bonds. The van der Waals surface area contributed by atoms with Gasteiger partial charge in [-0.25, -0.2) is 9.97 Å². The van der Waals surface area contributed by atoms with Crippen LogP contribution in [0.15, 0.2) is 23.2 Å².